The van der Waals surface area contributed by atoms with Crippen LogP contribution < -0.4 is 10.6 Å². The van der Waals surface area contributed by atoms with E-state index in [-0.39, 0.29) is 17.8 Å². The van der Waals surface area contributed by atoms with E-state index >= 15 is 0 Å². The molecule has 1 aliphatic heterocycles. The first-order chi connectivity index (χ1) is 8.56. The Morgan fingerprint density at radius 3 is 3.00 bits per heavy atom. The third-order valence-electron chi connectivity index (χ3n) is 2.89. The molecule has 4 nitrogen and oxygen atoms in total. The maximum absolute atomic E-state index is 12.9. The van der Waals surface area contributed by atoms with Crippen molar-refractivity contribution in [3.8, 4) is 0 Å². The highest BCUT2D eigenvalue weighted by Crippen LogP contribution is 2.18. The van der Waals surface area contributed by atoms with Gasteiger partial charge in [-0.1, -0.05) is 22.0 Å². The van der Waals surface area contributed by atoms with Crippen LogP contribution in [0.5, 0.6) is 0 Å². The van der Waals surface area contributed by atoms with E-state index < -0.39 is 6.10 Å². The molecule has 1 heterocycles. The highest BCUT2D eigenvalue weighted by Gasteiger charge is 2.27. The number of hydrogen-bond donors (Lipinski definition) is 3. The van der Waals surface area contributed by atoms with Gasteiger partial charge in [0.05, 0.1) is 12.1 Å². The Balaban J connectivity index is 1.89. The fourth-order valence-corrected chi connectivity index (χ4v) is 2.38. The van der Waals surface area contributed by atoms with Crippen LogP contribution in [0, 0.1) is 5.82 Å². The SMILES string of the molecule is O=C(NCc1ccc(F)cc1Br)[C@H]1C[C@H](O)CN1. The van der Waals surface area contributed by atoms with Gasteiger partial charge in [0.1, 0.15) is 5.82 Å². The fraction of sp³-hybridized carbons (Fsp3) is 0.417. The molecule has 0 radical (unpaired) electrons. The highest BCUT2D eigenvalue weighted by molar-refractivity contribution is 9.10. The molecule has 1 aromatic carbocycles. The molecule has 2 atom stereocenters. The van der Waals surface area contributed by atoms with Crippen LogP contribution in [0.4, 0.5) is 4.39 Å². The highest BCUT2D eigenvalue weighted by atomic mass is 79.9. The van der Waals surface area contributed by atoms with E-state index in [1.807, 2.05) is 0 Å². The van der Waals surface area contributed by atoms with Crippen LogP contribution in [-0.4, -0.2) is 29.7 Å². The summed E-state index contributed by atoms with van der Waals surface area (Å²) < 4.78 is 13.5. The summed E-state index contributed by atoms with van der Waals surface area (Å²) in [4.78, 5) is 11.8. The first-order valence-electron chi connectivity index (χ1n) is 5.69. The van der Waals surface area contributed by atoms with Crippen LogP contribution in [-0.2, 0) is 11.3 Å². The van der Waals surface area contributed by atoms with Gasteiger partial charge in [0.2, 0.25) is 5.91 Å². The molecule has 0 aromatic heterocycles. The molecule has 18 heavy (non-hydrogen) atoms. The van der Waals surface area contributed by atoms with Crippen molar-refractivity contribution in [2.24, 2.45) is 0 Å². The van der Waals surface area contributed by atoms with Gasteiger partial charge in [-0.05, 0) is 24.1 Å². The smallest absolute Gasteiger partial charge is 0.237 e. The molecule has 0 saturated carbocycles. The first kappa shape index (κ1) is 13.5. The number of nitrogens with one attached hydrogen (secondary N) is 2. The van der Waals surface area contributed by atoms with Gasteiger partial charge < -0.3 is 15.7 Å². The molecule has 2 rings (SSSR count). The zero-order valence-corrected chi connectivity index (χ0v) is 11.2. The van der Waals surface area contributed by atoms with Crippen LogP contribution in [0.1, 0.15) is 12.0 Å². The van der Waals surface area contributed by atoms with Crippen LogP contribution in [0.3, 0.4) is 0 Å². The Bertz CT molecular complexity index is 456. The van der Waals surface area contributed by atoms with Crippen molar-refractivity contribution in [3.05, 3.63) is 34.1 Å². The molecule has 0 aliphatic carbocycles. The predicted molar refractivity (Wildman–Crippen MR) is 68.4 cm³/mol. The summed E-state index contributed by atoms with van der Waals surface area (Å²) in [6.45, 7) is 0.770. The predicted octanol–water partition coefficient (Wildman–Crippen LogP) is 0.927. The molecular weight excluding hydrogens is 303 g/mol. The van der Waals surface area contributed by atoms with Crippen molar-refractivity contribution in [2.75, 3.05) is 6.54 Å². The standard InChI is InChI=1S/C12H14BrFN2O2/c13-10-3-8(14)2-1-7(10)5-16-12(18)11-4-9(17)6-15-11/h1-3,9,11,15,17H,4-6H2,(H,16,18)/t9-,11+/m0/s1. The second-order valence-corrected chi connectivity index (χ2v) is 5.16. The van der Waals surface area contributed by atoms with Crippen molar-refractivity contribution in [1.29, 1.82) is 0 Å². The number of β-amino-alcohol motifs (C(OH)–C–C–N with tert-alkyl or cyclic N) is 1. The average molecular weight is 317 g/mol. The van der Waals surface area contributed by atoms with Gasteiger partial charge in [-0.2, -0.15) is 0 Å². The summed E-state index contributed by atoms with van der Waals surface area (Å²) in [6.07, 6.45) is -0.0329. The van der Waals surface area contributed by atoms with E-state index in [4.69, 9.17) is 0 Å². The van der Waals surface area contributed by atoms with Crippen molar-refractivity contribution < 1.29 is 14.3 Å². The van der Waals surface area contributed by atoms with Gasteiger partial charge >= 0.3 is 0 Å². The molecule has 6 heteroatoms. The van der Waals surface area contributed by atoms with Gasteiger partial charge in [0, 0.05) is 17.6 Å². The van der Waals surface area contributed by atoms with Crippen molar-refractivity contribution >= 4 is 21.8 Å². The summed E-state index contributed by atoms with van der Waals surface area (Å²) in [5.41, 5.74) is 0.809. The van der Waals surface area contributed by atoms with Crippen molar-refractivity contribution in [2.45, 2.75) is 25.1 Å². The minimum absolute atomic E-state index is 0.150. The van der Waals surface area contributed by atoms with Crippen LogP contribution in [0.25, 0.3) is 0 Å². The second-order valence-electron chi connectivity index (χ2n) is 4.30. The number of amides is 1. The number of hydrogen-bond acceptors (Lipinski definition) is 3. The number of halogens is 2. The summed E-state index contributed by atoms with van der Waals surface area (Å²) in [6, 6.07) is 3.98. The zero-order valence-electron chi connectivity index (χ0n) is 9.62. The second kappa shape index (κ2) is 5.77. The topological polar surface area (TPSA) is 61.4 Å². The lowest BCUT2D eigenvalue weighted by atomic mass is 10.2. The van der Waals surface area contributed by atoms with E-state index in [1.165, 1.54) is 12.1 Å². The Kier molecular flexibility index (Phi) is 4.31. The summed E-state index contributed by atoms with van der Waals surface area (Å²) in [5, 5.41) is 15.0. The quantitative estimate of drug-likeness (QED) is 0.777. The number of benzene rings is 1. The van der Waals surface area contributed by atoms with Crippen LogP contribution in [0.15, 0.2) is 22.7 Å². The Morgan fingerprint density at radius 2 is 2.39 bits per heavy atom. The van der Waals surface area contributed by atoms with Gasteiger partial charge in [0.15, 0.2) is 0 Å². The number of carbonyl (C=O) groups excluding carboxylic acids is 1. The molecule has 1 aliphatic rings. The number of aliphatic hydroxyl groups is 1. The van der Waals surface area contributed by atoms with Crippen LogP contribution >= 0.6 is 15.9 Å². The van der Waals surface area contributed by atoms with Crippen LogP contribution in [0.2, 0.25) is 0 Å². The maximum Gasteiger partial charge on any atom is 0.237 e. The van der Waals surface area contributed by atoms with Gasteiger partial charge in [-0.25, -0.2) is 4.39 Å². The normalized spacial score (nSPS) is 23.1. The molecule has 3 N–H and O–H groups in total. The Hall–Kier alpha value is -0.980. The monoisotopic (exact) mass is 316 g/mol. The van der Waals surface area contributed by atoms with Crippen molar-refractivity contribution in [1.82, 2.24) is 10.6 Å². The fourth-order valence-electron chi connectivity index (χ4n) is 1.89. The molecule has 1 amide bonds. The Labute approximate surface area is 113 Å². The molecule has 0 spiro atoms. The van der Waals surface area contributed by atoms with E-state index in [0.717, 1.165) is 5.56 Å². The lowest BCUT2D eigenvalue weighted by Gasteiger charge is -2.11. The van der Waals surface area contributed by atoms with Gasteiger partial charge in [-0.15, -0.1) is 0 Å². The van der Waals surface area contributed by atoms with E-state index in [1.54, 1.807) is 6.07 Å². The summed E-state index contributed by atoms with van der Waals surface area (Å²) in [7, 11) is 0. The molecule has 1 fully saturated rings. The summed E-state index contributed by atoms with van der Waals surface area (Å²) in [5.74, 6) is -0.472. The number of carbonyl (C=O) groups is 1. The maximum atomic E-state index is 12.9. The molecule has 1 aromatic rings. The van der Waals surface area contributed by atoms with E-state index in [0.29, 0.717) is 24.0 Å². The molecule has 1 saturated heterocycles. The first-order valence-corrected chi connectivity index (χ1v) is 6.48. The average Bonchev–Trinajstić information content (AvgIpc) is 2.74. The van der Waals surface area contributed by atoms with Crippen molar-refractivity contribution in [3.63, 3.8) is 0 Å². The lowest BCUT2D eigenvalue weighted by Crippen LogP contribution is -2.40. The number of aliphatic hydroxyl groups excluding tert-OH is 1. The molecule has 0 unspecified atom stereocenters. The molecule has 98 valence electrons. The third-order valence-corrected chi connectivity index (χ3v) is 3.63. The largest absolute Gasteiger partial charge is 0.392 e. The van der Waals surface area contributed by atoms with Gasteiger partial charge in [0.25, 0.3) is 0 Å². The lowest BCUT2D eigenvalue weighted by molar-refractivity contribution is -0.123. The minimum Gasteiger partial charge on any atom is -0.392 e. The van der Waals surface area contributed by atoms with Gasteiger partial charge in [-0.3, -0.25) is 4.79 Å². The Morgan fingerprint density at radius 1 is 1.61 bits per heavy atom. The third kappa shape index (κ3) is 3.28. The van der Waals surface area contributed by atoms with E-state index in [2.05, 4.69) is 26.6 Å². The summed E-state index contributed by atoms with van der Waals surface area (Å²) >= 11 is 3.24. The zero-order chi connectivity index (χ0) is 13.1. The molecular formula is C12H14BrFN2O2. The van der Waals surface area contributed by atoms with E-state index in [9.17, 15) is 14.3 Å². The number of rotatable bonds is 3. The minimum atomic E-state index is -0.460. The molecule has 0 bridgehead atoms.